The quantitative estimate of drug-likeness (QED) is 0.611. The fourth-order valence-corrected chi connectivity index (χ4v) is 3.57. The molecule has 0 aliphatic carbocycles. The molecule has 122 valence electrons. The summed E-state index contributed by atoms with van der Waals surface area (Å²) in [7, 11) is 0. The van der Waals surface area contributed by atoms with Crippen LogP contribution in [0.25, 0.3) is 0 Å². The van der Waals surface area contributed by atoms with Crippen molar-refractivity contribution in [2.24, 2.45) is 0 Å². The van der Waals surface area contributed by atoms with Crippen molar-refractivity contribution < 1.29 is 9.53 Å². The maximum Gasteiger partial charge on any atom is 0.216 e. The third-order valence-electron chi connectivity index (χ3n) is 3.51. The number of nitrogens with zero attached hydrogens (tertiary/aromatic N) is 1. The number of carbonyl (C=O) groups excluding carboxylic acids is 1. The van der Waals surface area contributed by atoms with E-state index in [2.05, 4.69) is 16.3 Å². The zero-order valence-electron chi connectivity index (χ0n) is 12.9. The maximum absolute atomic E-state index is 10.9. The van der Waals surface area contributed by atoms with Gasteiger partial charge in [0.1, 0.15) is 0 Å². The predicted octanol–water partition coefficient (Wildman–Crippen LogP) is 2.66. The predicted molar refractivity (Wildman–Crippen MR) is 91.7 cm³/mol. The van der Waals surface area contributed by atoms with Crippen LogP contribution in [0.2, 0.25) is 5.02 Å². The number of amides is 1. The molecule has 4 nitrogen and oxygen atoms in total. The largest absolute Gasteiger partial charge is 0.374 e. The molecule has 1 saturated heterocycles. The maximum atomic E-state index is 10.9. The average Bonchev–Trinajstić information content (AvgIpc) is 2.51. The fourth-order valence-electron chi connectivity index (χ4n) is 2.40. The standard InChI is InChI=1S/C16H23ClN2O2S/c1-13(20)18-11-14-12-19(8-9-21-14)7-4-10-22-16-6-3-2-5-15(16)17/h2-3,5-6,14H,4,7-12H2,1H3,(H,18,20)/t14-/m0/s1. The first kappa shape index (κ1) is 17.6. The molecule has 1 aliphatic rings. The molecule has 1 aromatic rings. The van der Waals surface area contributed by atoms with Gasteiger partial charge in [-0.25, -0.2) is 0 Å². The van der Waals surface area contributed by atoms with Crippen LogP contribution in [0.5, 0.6) is 0 Å². The van der Waals surface area contributed by atoms with Crippen LogP contribution in [0.3, 0.4) is 0 Å². The second-order valence-electron chi connectivity index (χ2n) is 5.36. The Kier molecular flexibility index (Phi) is 7.52. The number of thioether (sulfide) groups is 1. The van der Waals surface area contributed by atoms with Crippen molar-refractivity contribution in [3.63, 3.8) is 0 Å². The van der Waals surface area contributed by atoms with E-state index >= 15 is 0 Å². The monoisotopic (exact) mass is 342 g/mol. The average molecular weight is 343 g/mol. The molecule has 0 radical (unpaired) electrons. The van der Waals surface area contributed by atoms with Gasteiger partial charge in [0.05, 0.1) is 17.7 Å². The van der Waals surface area contributed by atoms with Crippen molar-refractivity contribution >= 4 is 29.3 Å². The van der Waals surface area contributed by atoms with Gasteiger partial charge in [0, 0.05) is 31.5 Å². The normalized spacial score (nSPS) is 19.1. The van der Waals surface area contributed by atoms with Gasteiger partial charge >= 0.3 is 0 Å². The highest BCUT2D eigenvalue weighted by Gasteiger charge is 2.20. The van der Waals surface area contributed by atoms with Gasteiger partial charge in [-0.3, -0.25) is 9.69 Å². The smallest absolute Gasteiger partial charge is 0.216 e. The van der Waals surface area contributed by atoms with Crippen LogP contribution in [0, 0.1) is 0 Å². The molecule has 1 aromatic carbocycles. The van der Waals surface area contributed by atoms with Crippen molar-refractivity contribution in [3.8, 4) is 0 Å². The highest BCUT2D eigenvalue weighted by molar-refractivity contribution is 7.99. The van der Waals surface area contributed by atoms with Crippen LogP contribution in [0.4, 0.5) is 0 Å². The number of hydrogen-bond donors (Lipinski definition) is 1. The minimum atomic E-state index is -0.00290. The number of hydrogen-bond acceptors (Lipinski definition) is 4. The highest BCUT2D eigenvalue weighted by atomic mass is 35.5. The minimum Gasteiger partial charge on any atom is -0.374 e. The number of rotatable bonds is 7. The van der Waals surface area contributed by atoms with E-state index in [1.54, 1.807) is 11.8 Å². The summed E-state index contributed by atoms with van der Waals surface area (Å²) in [6.07, 6.45) is 1.22. The molecule has 2 rings (SSSR count). The van der Waals surface area contributed by atoms with Gasteiger partial charge in [0.25, 0.3) is 0 Å². The molecule has 22 heavy (non-hydrogen) atoms. The van der Waals surface area contributed by atoms with Crippen LogP contribution >= 0.6 is 23.4 Å². The molecule has 6 heteroatoms. The Morgan fingerprint density at radius 1 is 1.50 bits per heavy atom. The van der Waals surface area contributed by atoms with E-state index in [4.69, 9.17) is 16.3 Å². The molecule has 1 aliphatic heterocycles. The van der Waals surface area contributed by atoms with E-state index in [1.165, 1.54) is 6.92 Å². The van der Waals surface area contributed by atoms with Crippen LogP contribution in [-0.2, 0) is 9.53 Å². The Bertz CT molecular complexity index is 487. The molecule has 0 bridgehead atoms. The Labute approximate surface area is 141 Å². The van der Waals surface area contributed by atoms with Gasteiger partial charge < -0.3 is 10.1 Å². The molecular formula is C16H23ClN2O2S. The molecule has 1 amide bonds. The molecule has 0 aromatic heterocycles. The van der Waals surface area contributed by atoms with Crippen LogP contribution < -0.4 is 5.32 Å². The lowest BCUT2D eigenvalue weighted by molar-refractivity contribution is -0.120. The molecule has 1 heterocycles. The molecule has 0 spiro atoms. The number of benzene rings is 1. The number of carbonyl (C=O) groups is 1. The summed E-state index contributed by atoms with van der Waals surface area (Å²) in [6, 6.07) is 7.96. The summed E-state index contributed by atoms with van der Waals surface area (Å²) in [6.45, 7) is 5.77. The number of ether oxygens (including phenoxy) is 1. The van der Waals surface area contributed by atoms with Gasteiger partial charge in [-0.2, -0.15) is 0 Å². The van der Waals surface area contributed by atoms with E-state index in [1.807, 2.05) is 18.2 Å². The van der Waals surface area contributed by atoms with Gasteiger partial charge in [-0.1, -0.05) is 23.7 Å². The van der Waals surface area contributed by atoms with E-state index in [0.717, 1.165) is 48.3 Å². The first-order valence-corrected chi connectivity index (χ1v) is 8.97. The Morgan fingerprint density at radius 2 is 2.32 bits per heavy atom. The molecule has 1 atom stereocenters. The summed E-state index contributed by atoms with van der Waals surface area (Å²) in [4.78, 5) is 14.5. The minimum absolute atomic E-state index is 0.00290. The molecule has 1 N–H and O–H groups in total. The fraction of sp³-hybridized carbons (Fsp3) is 0.562. The van der Waals surface area contributed by atoms with Crippen molar-refractivity contribution in [3.05, 3.63) is 29.3 Å². The Morgan fingerprint density at radius 3 is 3.09 bits per heavy atom. The van der Waals surface area contributed by atoms with Crippen LogP contribution in [0.15, 0.2) is 29.2 Å². The summed E-state index contributed by atoms with van der Waals surface area (Å²) in [5, 5.41) is 3.65. The second kappa shape index (κ2) is 9.40. The van der Waals surface area contributed by atoms with Crippen molar-refractivity contribution in [2.75, 3.05) is 38.5 Å². The molecule has 0 unspecified atom stereocenters. The van der Waals surface area contributed by atoms with Crippen molar-refractivity contribution in [2.45, 2.75) is 24.3 Å². The lowest BCUT2D eigenvalue weighted by Gasteiger charge is -2.32. The molecule has 1 fully saturated rings. The van der Waals surface area contributed by atoms with E-state index in [-0.39, 0.29) is 12.0 Å². The topological polar surface area (TPSA) is 41.6 Å². The summed E-state index contributed by atoms with van der Waals surface area (Å²) in [5.74, 6) is 1.05. The SMILES string of the molecule is CC(=O)NC[C@H]1CN(CCCSc2ccccc2Cl)CCO1. The Hall–Kier alpha value is -0.750. The first-order valence-electron chi connectivity index (χ1n) is 7.61. The Balaban J connectivity index is 1.64. The zero-order valence-corrected chi connectivity index (χ0v) is 14.5. The third kappa shape index (κ3) is 6.16. The second-order valence-corrected chi connectivity index (χ2v) is 6.91. The lowest BCUT2D eigenvalue weighted by atomic mass is 10.2. The van der Waals surface area contributed by atoms with E-state index < -0.39 is 0 Å². The molecular weight excluding hydrogens is 320 g/mol. The van der Waals surface area contributed by atoms with Crippen LogP contribution in [-0.4, -0.2) is 55.4 Å². The lowest BCUT2D eigenvalue weighted by Crippen LogP contribution is -2.47. The summed E-state index contributed by atoms with van der Waals surface area (Å²) in [5.41, 5.74) is 0. The number of nitrogens with one attached hydrogen (secondary N) is 1. The number of morpholine rings is 1. The van der Waals surface area contributed by atoms with Gasteiger partial charge in [0.15, 0.2) is 0 Å². The van der Waals surface area contributed by atoms with Crippen molar-refractivity contribution in [1.82, 2.24) is 10.2 Å². The number of halogens is 1. The first-order chi connectivity index (χ1) is 10.6. The van der Waals surface area contributed by atoms with Gasteiger partial charge in [-0.05, 0) is 30.9 Å². The zero-order chi connectivity index (χ0) is 15.8. The summed E-state index contributed by atoms with van der Waals surface area (Å²) >= 11 is 7.95. The van der Waals surface area contributed by atoms with Crippen molar-refractivity contribution in [1.29, 1.82) is 0 Å². The van der Waals surface area contributed by atoms with Gasteiger partial charge in [0.2, 0.25) is 5.91 Å². The third-order valence-corrected chi connectivity index (χ3v) is 5.12. The van der Waals surface area contributed by atoms with E-state index in [9.17, 15) is 4.79 Å². The highest BCUT2D eigenvalue weighted by Crippen LogP contribution is 2.26. The summed E-state index contributed by atoms with van der Waals surface area (Å²) < 4.78 is 5.67. The van der Waals surface area contributed by atoms with E-state index in [0.29, 0.717) is 6.54 Å². The van der Waals surface area contributed by atoms with Crippen LogP contribution in [0.1, 0.15) is 13.3 Å². The molecule has 0 saturated carbocycles. The van der Waals surface area contributed by atoms with Gasteiger partial charge in [-0.15, -0.1) is 11.8 Å².